The number of ether oxygens (including phenoxy) is 1. The van der Waals surface area contributed by atoms with Crippen molar-refractivity contribution in [2.24, 2.45) is 0 Å². The van der Waals surface area contributed by atoms with E-state index in [9.17, 15) is 4.79 Å². The average Bonchev–Trinajstić information content (AvgIpc) is 3.36. The molecule has 0 aliphatic heterocycles. The summed E-state index contributed by atoms with van der Waals surface area (Å²) in [5.41, 5.74) is 3.16. The summed E-state index contributed by atoms with van der Waals surface area (Å²) in [6.07, 6.45) is 7.81. The van der Waals surface area contributed by atoms with Gasteiger partial charge in [-0.3, -0.25) is 4.79 Å². The van der Waals surface area contributed by atoms with Gasteiger partial charge in [0.25, 0.3) is 0 Å². The molecule has 0 radical (unpaired) electrons. The van der Waals surface area contributed by atoms with Gasteiger partial charge in [0, 0.05) is 40.0 Å². The van der Waals surface area contributed by atoms with Crippen molar-refractivity contribution in [3.63, 3.8) is 0 Å². The number of thiazole rings is 1. The highest BCUT2D eigenvalue weighted by Crippen LogP contribution is 2.26. The number of carbonyl (C=O) groups excluding carboxylic acids is 1. The fourth-order valence-corrected chi connectivity index (χ4v) is 5.24. The van der Waals surface area contributed by atoms with Gasteiger partial charge < -0.3 is 22.5 Å². The number of halogens is 1. The lowest BCUT2D eigenvalue weighted by Crippen LogP contribution is -3.00. The van der Waals surface area contributed by atoms with Gasteiger partial charge in [0.1, 0.15) is 5.75 Å². The first-order valence-electron chi connectivity index (χ1n) is 11.8. The molecule has 0 aliphatic rings. The number of nitrogens with zero attached hydrogens (tertiary/aromatic N) is 2. The highest BCUT2D eigenvalue weighted by atomic mass is 35.5. The lowest BCUT2D eigenvalue weighted by atomic mass is 10.2. The Bertz CT molecular complexity index is 1200. The van der Waals surface area contributed by atoms with Crippen LogP contribution in [0, 0.1) is 0 Å². The Morgan fingerprint density at radius 3 is 2.47 bits per heavy atom. The fraction of sp³-hybridized carbons (Fsp3) is 0.250. The Morgan fingerprint density at radius 2 is 1.75 bits per heavy atom. The van der Waals surface area contributed by atoms with Crippen molar-refractivity contribution in [1.82, 2.24) is 4.98 Å². The predicted molar refractivity (Wildman–Crippen MR) is 144 cm³/mol. The van der Waals surface area contributed by atoms with Crippen LogP contribution in [0.2, 0.25) is 0 Å². The fourth-order valence-electron chi connectivity index (χ4n) is 3.60. The summed E-state index contributed by atoms with van der Waals surface area (Å²) in [6.45, 7) is 0.887. The molecule has 0 spiro atoms. The number of thioether (sulfide) groups is 1. The molecule has 2 aromatic heterocycles. The Kier molecular flexibility index (Phi) is 11.3. The van der Waals surface area contributed by atoms with Crippen molar-refractivity contribution in [3.05, 3.63) is 90.1 Å². The molecule has 1 amide bonds. The molecule has 4 rings (SSSR count). The quantitative estimate of drug-likeness (QED) is 0.170. The van der Waals surface area contributed by atoms with E-state index < -0.39 is 0 Å². The zero-order valence-corrected chi connectivity index (χ0v) is 22.6. The maximum Gasteiger partial charge on any atom is 0.226 e. The van der Waals surface area contributed by atoms with Crippen LogP contribution in [0.1, 0.15) is 31.2 Å². The molecule has 2 heterocycles. The van der Waals surface area contributed by atoms with E-state index in [4.69, 9.17) is 4.74 Å². The van der Waals surface area contributed by atoms with Crippen LogP contribution in [0.3, 0.4) is 0 Å². The average molecular weight is 540 g/mol. The van der Waals surface area contributed by atoms with Crippen LogP contribution < -0.4 is 27.0 Å². The van der Waals surface area contributed by atoms with Crippen LogP contribution >= 0.6 is 23.1 Å². The molecule has 2 aromatic carbocycles. The van der Waals surface area contributed by atoms with Gasteiger partial charge in [0.05, 0.1) is 12.8 Å². The summed E-state index contributed by atoms with van der Waals surface area (Å²) in [5.74, 6) is 1.90. The number of amides is 1. The molecule has 8 heteroatoms. The van der Waals surface area contributed by atoms with Crippen molar-refractivity contribution < 1.29 is 26.5 Å². The van der Waals surface area contributed by atoms with E-state index in [-0.39, 0.29) is 18.3 Å². The molecule has 0 saturated carbocycles. The number of hydrogen-bond acceptors (Lipinski definition) is 5. The Hall–Kier alpha value is -2.87. The first-order chi connectivity index (χ1) is 17.2. The van der Waals surface area contributed by atoms with Crippen LogP contribution in [0.25, 0.3) is 11.3 Å². The zero-order valence-electron chi connectivity index (χ0n) is 20.2. The van der Waals surface area contributed by atoms with Gasteiger partial charge in [-0.2, -0.15) is 0 Å². The second-order valence-electron chi connectivity index (χ2n) is 8.17. The first kappa shape index (κ1) is 27.7. The van der Waals surface area contributed by atoms with Gasteiger partial charge in [0.15, 0.2) is 24.1 Å². The summed E-state index contributed by atoms with van der Waals surface area (Å²) in [5, 5.41) is 5.53. The number of aromatic nitrogens is 2. The van der Waals surface area contributed by atoms with Crippen molar-refractivity contribution in [3.8, 4) is 17.0 Å². The lowest BCUT2D eigenvalue weighted by molar-refractivity contribution is -0.688. The number of benzene rings is 2. The van der Waals surface area contributed by atoms with E-state index in [2.05, 4.69) is 63.7 Å². The molecule has 0 fully saturated rings. The number of hydrogen-bond donors (Lipinski definition) is 1. The maximum absolute atomic E-state index is 12.3. The number of carbonyl (C=O) groups is 1. The first-order valence-corrected chi connectivity index (χ1v) is 13.6. The number of nitrogens with one attached hydrogen (secondary N) is 1. The molecule has 188 valence electrons. The molecule has 0 aliphatic carbocycles. The summed E-state index contributed by atoms with van der Waals surface area (Å²) >= 11 is 3.32. The second-order valence-corrected chi connectivity index (χ2v) is 10.2. The van der Waals surface area contributed by atoms with Gasteiger partial charge in [-0.05, 0) is 42.9 Å². The van der Waals surface area contributed by atoms with Crippen LogP contribution in [-0.4, -0.2) is 23.8 Å². The molecule has 0 unspecified atom stereocenters. The van der Waals surface area contributed by atoms with Gasteiger partial charge in [-0.25, -0.2) is 9.55 Å². The molecule has 5 nitrogen and oxygen atoms in total. The van der Waals surface area contributed by atoms with Crippen LogP contribution in [0.15, 0.2) is 89.4 Å². The summed E-state index contributed by atoms with van der Waals surface area (Å²) < 4.78 is 7.39. The molecule has 4 aromatic rings. The van der Waals surface area contributed by atoms with E-state index in [0.29, 0.717) is 11.6 Å². The van der Waals surface area contributed by atoms with Gasteiger partial charge >= 0.3 is 0 Å². The molecule has 0 atom stereocenters. The van der Waals surface area contributed by atoms with Gasteiger partial charge in [-0.15, -0.1) is 23.1 Å². The monoisotopic (exact) mass is 539 g/mol. The van der Waals surface area contributed by atoms with E-state index in [1.807, 2.05) is 47.5 Å². The van der Waals surface area contributed by atoms with Gasteiger partial charge in [0.2, 0.25) is 5.91 Å². The van der Waals surface area contributed by atoms with Gasteiger partial charge in [-0.1, -0.05) is 36.8 Å². The van der Waals surface area contributed by atoms with Crippen LogP contribution in [-0.2, 0) is 11.3 Å². The van der Waals surface area contributed by atoms with Crippen LogP contribution in [0.4, 0.5) is 5.13 Å². The third kappa shape index (κ3) is 8.66. The number of anilines is 1. The molecule has 0 bridgehead atoms. The minimum Gasteiger partial charge on any atom is -1.00 e. The van der Waals surface area contributed by atoms with Crippen molar-refractivity contribution in [2.75, 3.05) is 18.2 Å². The van der Waals surface area contributed by atoms with Crippen molar-refractivity contribution in [1.29, 1.82) is 0 Å². The molecule has 0 saturated heterocycles. The molecule has 1 N–H and O–H groups in total. The van der Waals surface area contributed by atoms with E-state index in [1.165, 1.54) is 21.8 Å². The highest BCUT2D eigenvalue weighted by molar-refractivity contribution is 7.99. The summed E-state index contributed by atoms with van der Waals surface area (Å²) in [7, 11) is 1.65. The third-order valence-electron chi connectivity index (χ3n) is 5.52. The zero-order chi connectivity index (χ0) is 24.3. The minimum absolute atomic E-state index is 0. The Morgan fingerprint density at radius 1 is 1.00 bits per heavy atom. The molecule has 36 heavy (non-hydrogen) atoms. The van der Waals surface area contributed by atoms with E-state index in [1.54, 1.807) is 7.11 Å². The number of methoxy groups -OCH3 is 1. The Balaban J connectivity index is 0.00000361. The predicted octanol–water partition coefficient (Wildman–Crippen LogP) is 3.45. The Labute approximate surface area is 227 Å². The number of rotatable bonds is 12. The maximum atomic E-state index is 12.3. The SMILES string of the molecule is COc1ccc(-c2csc(NC(=O)CCCCCSc3cc[n+](Cc4ccccc4)cc3)n2)cc1.[Cl-]. The smallest absolute Gasteiger partial charge is 0.226 e. The van der Waals surface area contributed by atoms with Crippen molar-refractivity contribution in [2.45, 2.75) is 37.1 Å². The third-order valence-corrected chi connectivity index (χ3v) is 7.38. The normalized spacial score (nSPS) is 10.5. The minimum atomic E-state index is 0. The number of unbranched alkanes of at least 4 members (excludes halogenated alkanes) is 2. The van der Waals surface area contributed by atoms with E-state index >= 15 is 0 Å². The van der Waals surface area contributed by atoms with Crippen molar-refractivity contribution >= 4 is 34.1 Å². The van der Waals surface area contributed by atoms with Crippen LogP contribution in [0.5, 0.6) is 5.75 Å². The second kappa shape index (κ2) is 14.6. The topological polar surface area (TPSA) is 55.1 Å². The molecular weight excluding hydrogens is 510 g/mol. The molecular formula is C28H30ClN3O2S2. The number of pyridine rings is 1. The highest BCUT2D eigenvalue weighted by Gasteiger charge is 2.09. The standard InChI is InChI=1S/C28H29N3O2S2.ClH/c1-33-24-13-11-23(12-14-24)26-21-35-28(29-26)30-27(32)10-6-3-7-19-34-25-15-17-31(18-16-25)20-22-8-4-2-5-9-22;/h2,4-5,8-9,11-18,21H,3,6-7,10,19-20H2,1H3;1H. The lowest BCUT2D eigenvalue weighted by Gasteiger charge is -2.03. The van der Waals surface area contributed by atoms with E-state index in [0.717, 1.165) is 48.6 Å². The summed E-state index contributed by atoms with van der Waals surface area (Å²) in [6, 6.07) is 22.6. The largest absolute Gasteiger partial charge is 1.00 e. The summed E-state index contributed by atoms with van der Waals surface area (Å²) in [4.78, 5) is 18.1.